The zero-order valence-corrected chi connectivity index (χ0v) is 6.77. The summed E-state index contributed by atoms with van der Waals surface area (Å²) in [4.78, 5) is 0. The van der Waals surface area contributed by atoms with Gasteiger partial charge >= 0.3 is 0 Å². The van der Waals surface area contributed by atoms with Gasteiger partial charge in [0.1, 0.15) is 0 Å². The van der Waals surface area contributed by atoms with E-state index < -0.39 is 0 Å². The van der Waals surface area contributed by atoms with Crippen LogP contribution in [0.25, 0.3) is 0 Å². The minimum atomic E-state index is 0.389. The molecule has 1 atom stereocenters. The van der Waals surface area contributed by atoms with E-state index in [2.05, 4.69) is 27.7 Å². The van der Waals surface area contributed by atoms with Gasteiger partial charge in [-0.05, 0) is 11.3 Å². The van der Waals surface area contributed by atoms with Gasteiger partial charge in [-0.25, -0.2) is 0 Å². The van der Waals surface area contributed by atoms with Crippen LogP contribution in [0.2, 0.25) is 0 Å². The number of ether oxygens (including phenoxy) is 1. The van der Waals surface area contributed by atoms with Crippen LogP contribution in [0, 0.1) is 11.3 Å². The summed E-state index contributed by atoms with van der Waals surface area (Å²) in [5.41, 5.74) is 0.389. The molecule has 0 aromatic carbocycles. The summed E-state index contributed by atoms with van der Waals surface area (Å²) in [6.07, 6.45) is 0.539. The summed E-state index contributed by atoms with van der Waals surface area (Å²) in [7, 11) is 0. The molecule has 0 aliphatic carbocycles. The van der Waals surface area contributed by atoms with Crippen LogP contribution in [0.15, 0.2) is 0 Å². The Kier molecular flexibility index (Phi) is 1.55. The van der Waals surface area contributed by atoms with E-state index in [0.717, 1.165) is 12.5 Å². The van der Waals surface area contributed by atoms with Crippen molar-refractivity contribution in [3.8, 4) is 0 Å². The fourth-order valence-electron chi connectivity index (χ4n) is 0.849. The van der Waals surface area contributed by atoms with Gasteiger partial charge in [-0.1, -0.05) is 27.7 Å². The lowest BCUT2D eigenvalue weighted by Crippen LogP contribution is -2.25. The second-order valence-electron chi connectivity index (χ2n) is 3.80. The van der Waals surface area contributed by atoms with Gasteiger partial charge in [0.25, 0.3) is 0 Å². The van der Waals surface area contributed by atoms with E-state index in [-0.39, 0.29) is 0 Å². The second kappa shape index (κ2) is 1.98. The Hall–Kier alpha value is -0.0400. The van der Waals surface area contributed by atoms with Crippen LogP contribution in [0.5, 0.6) is 0 Å². The molecule has 0 saturated carbocycles. The summed E-state index contributed by atoms with van der Waals surface area (Å²) >= 11 is 0. The third-order valence-corrected chi connectivity index (χ3v) is 2.65. The molecule has 0 radical (unpaired) electrons. The van der Waals surface area contributed by atoms with Crippen LogP contribution >= 0.6 is 0 Å². The molecule has 0 aromatic heterocycles. The predicted molar refractivity (Wildman–Crippen MR) is 38.4 cm³/mol. The zero-order chi connectivity index (χ0) is 7.07. The highest BCUT2D eigenvalue weighted by Gasteiger charge is 2.41. The maximum Gasteiger partial charge on any atom is 0.0863 e. The topological polar surface area (TPSA) is 12.5 Å². The Morgan fingerprint density at radius 1 is 1.44 bits per heavy atom. The highest BCUT2D eigenvalue weighted by atomic mass is 16.6. The fraction of sp³-hybridized carbons (Fsp3) is 1.00. The molecule has 54 valence electrons. The highest BCUT2D eigenvalue weighted by Crippen LogP contribution is 2.38. The van der Waals surface area contributed by atoms with Gasteiger partial charge in [0.05, 0.1) is 12.7 Å². The number of rotatable bonds is 2. The molecule has 1 nitrogen and oxygen atoms in total. The summed E-state index contributed by atoms with van der Waals surface area (Å²) in [6, 6.07) is 0. The summed E-state index contributed by atoms with van der Waals surface area (Å²) < 4.78 is 5.23. The van der Waals surface area contributed by atoms with E-state index in [0.29, 0.717) is 11.5 Å². The SMILES string of the molecule is CC(C)C(C)(C)C1CO1. The van der Waals surface area contributed by atoms with Crippen molar-refractivity contribution >= 4 is 0 Å². The largest absolute Gasteiger partial charge is 0.373 e. The molecule has 1 rings (SSSR count). The van der Waals surface area contributed by atoms with Gasteiger partial charge in [0.15, 0.2) is 0 Å². The molecule has 0 spiro atoms. The lowest BCUT2D eigenvalue weighted by atomic mass is 9.78. The standard InChI is InChI=1S/C8H16O/c1-6(2)8(3,4)7-5-9-7/h6-7H,5H2,1-4H3. The molecule has 1 aliphatic heterocycles. The molecule has 1 heterocycles. The molecule has 9 heavy (non-hydrogen) atoms. The van der Waals surface area contributed by atoms with Gasteiger partial charge in [-0.15, -0.1) is 0 Å². The fourth-order valence-corrected chi connectivity index (χ4v) is 0.849. The van der Waals surface area contributed by atoms with Gasteiger partial charge in [0, 0.05) is 0 Å². The Balaban J connectivity index is 2.48. The Morgan fingerprint density at radius 2 is 1.89 bits per heavy atom. The summed E-state index contributed by atoms with van der Waals surface area (Å²) in [5, 5.41) is 0. The number of epoxide rings is 1. The smallest absolute Gasteiger partial charge is 0.0863 e. The zero-order valence-electron chi connectivity index (χ0n) is 6.77. The van der Waals surface area contributed by atoms with E-state index in [4.69, 9.17) is 4.74 Å². The molecule has 1 fully saturated rings. The first-order valence-electron chi connectivity index (χ1n) is 3.66. The van der Waals surface area contributed by atoms with Crippen molar-refractivity contribution < 1.29 is 4.74 Å². The molecule has 1 saturated heterocycles. The lowest BCUT2D eigenvalue weighted by molar-refractivity contribution is 0.174. The minimum absolute atomic E-state index is 0.389. The first-order chi connectivity index (χ1) is 4.05. The van der Waals surface area contributed by atoms with E-state index in [9.17, 15) is 0 Å². The first-order valence-corrected chi connectivity index (χ1v) is 3.66. The predicted octanol–water partition coefficient (Wildman–Crippen LogP) is 2.07. The van der Waals surface area contributed by atoms with Crippen molar-refractivity contribution in [3.63, 3.8) is 0 Å². The van der Waals surface area contributed by atoms with Crippen molar-refractivity contribution in [3.05, 3.63) is 0 Å². The van der Waals surface area contributed by atoms with Gasteiger partial charge in [-0.2, -0.15) is 0 Å². The van der Waals surface area contributed by atoms with E-state index in [1.807, 2.05) is 0 Å². The lowest BCUT2D eigenvalue weighted by Gasteiger charge is -2.26. The maximum absolute atomic E-state index is 5.23. The number of hydrogen-bond acceptors (Lipinski definition) is 1. The van der Waals surface area contributed by atoms with Gasteiger partial charge < -0.3 is 4.74 Å². The molecule has 0 amide bonds. The van der Waals surface area contributed by atoms with Crippen LogP contribution < -0.4 is 0 Å². The Morgan fingerprint density at radius 3 is 2.00 bits per heavy atom. The molecule has 0 N–H and O–H groups in total. The molecular weight excluding hydrogens is 112 g/mol. The van der Waals surface area contributed by atoms with Crippen molar-refractivity contribution in [1.29, 1.82) is 0 Å². The number of hydrogen-bond donors (Lipinski definition) is 0. The van der Waals surface area contributed by atoms with E-state index in [1.54, 1.807) is 0 Å². The van der Waals surface area contributed by atoms with Crippen molar-refractivity contribution in [2.75, 3.05) is 6.61 Å². The molecule has 1 aliphatic rings. The monoisotopic (exact) mass is 128 g/mol. The molecule has 1 heteroatoms. The van der Waals surface area contributed by atoms with Crippen LogP contribution in [-0.4, -0.2) is 12.7 Å². The third-order valence-electron chi connectivity index (χ3n) is 2.65. The Bertz CT molecular complexity index is 97.1. The maximum atomic E-state index is 5.23. The second-order valence-corrected chi connectivity index (χ2v) is 3.80. The molecule has 0 aromatic rings. The molecule has 0 bridgehead atoms. The normalized spacial score (nSPS) is 27.0. The van der Waals surface area contributed by atoms with Crippen molar-refractivity contribution in [2.45, 2.75) is 33.8 Å². The van der Waals surface area contributed by atoms with Crippen molar-refractivity contribution in [1.82, 2.24) is 0 Å². The Labute approximate surface area is 57.4 Å². The average molecular weight is 128 g/mol. The van der Waals surface area contributed by atoms with Crippen LogP contribution in [0.4, 0.5) is 0 Å². The van der Waals surface area contributed by atoms with Crippen LogP contribution in [0.3, 0.4) is 0 Å². The van der Waals surface area contributed by atoms with Gasteiger partial charge in [-0.3, -0.25) is 0 Å². The van der Waals surface area contributed by atoms with E-state index in [1.165, 1.54) is 0 Å². The van der Waals surface area contributed by atoms with Crippen LogP contribution in [0.1, 0.15) is 27.7 Å². The van der Waals surface area contributed by atoms with Crippen LogP contribution in [-0.2, 0) is 4.74 Å². The summed E-state index contributed by atoms with van der Waals surface area (Å²) in [5.74, 6) is 0.727. The molecular formula is C8H16O. The highest BCUT2D eigenvalue weighted by molar-refractivity contribution is 4.88. The quantitative estimate of drug-likeness (QED) is 0.519. The van der Waals surface area contributed by atoms with Gasteiger partial charge in [0.2, 0.25) is 0 Å². The van der Waals surface area contributed by atoms with E-state index >= 15 is 0 Å². The molecule has 1 unspecified atom stereocenters. The summed E-state index contributed by atoms with van der Waals surface area (Å²) in [6.45, 7) is 10.0. The van der Waals surface area contributed by atoms with Crippen molar-refractivity contribution in [2.24, 2.45) is 11.3 Å². The minimum Gasteiger partial charge on any atom is -0.373 e. The third kappa shape index (κ3) is 1.26. The average Bonchev–Trinajstić information content (AvgIpc) is 2.42. The first kappa shape index (κ1) is 7.07.